The lowest BCUT2D eigenvalue weighted by atomic mass is 9.92. The summed E-state index contributed by atoms with van der Waals surface area (Å²) >= 11 is 0. The molecule has 1 atom stereocenters. The Morgan fingerprint density at radius 1 is 1.03 bits per heavy atom. The third-order valence-electron chi connectivity index (χ3n) is 6.72. The lowest BCUT2D eigenvalue weighted by Crippen LogP contribution is -2.33. The lowest BCUT2D eigenvalue weighted by Gasteiger charge is -2.22. The van der Waals surface area contributed by atoms with Gasteiger partial charge in [0.15, 0.2) is 5.69 Å². The van der Waals surface area contributed by atoms with Gasteiger partial charge in [-0.1, -0.05) is 30.3 Å². The Labute approximate surface area is 204 Å². The van der Waals surface area contributed by atoms with E-state index in [0.29, 0.717) is 29.4 Å². The maximum absolute atomic E-state index is 13.5. The van der Waals surface area contributed by atoms with Crippen LogP contribution in [0.1, 0.15) is 45.7 Å². The molecule has 0 radical (unpaired) electrons. The fraction of sp³-hybridized carbons (Fsp3) is 0.286. The van der Waals surface area contributed by atoms with Gasteiger partial charge in [-0.2, -0.15) is 5.10 Å². The Morgan fingerprint density at radius 3 is 2.77 bits per heavy atom. The third kappa shape index (κ3) is 5.24. The molecule has 2 aromatic heterocycles. The van der Waals surface area contributed by atoms with Crippen molar-refractivity contribution in [2.75, 3.05) is 18.4 Å². The number of carbonyl (C=O) groups is 2. The van der Waals surface area contributed by atoms with Gasteiger partial charge in [0.1, 0.15) is 0 Å². The predicted molar refractivity (Wildman–Crippen MR) is 136 cm³/mol. The summed E-state index contributed by atoms with van der Waals surface area (Å²) < 4.78 is 1.58. The number of pyridine rings is 1. The van der Waals surface area contributed by atoms with Gasteiger partial charge in [-0.25, -0.2) is 0 Å². The molecule has 1 N–H and O–H groups in total. The quantitative estimate of drug-likeness (QED) is 0.461. The molecule has 5 rings (SSSR count). The summed E-state index contributed by atoms with van der Waals surface area (Å²) in [5.41, 5.74) is 2.67. The maximum Gasteiger partial charge on any atom is 0.276 e. The van der Waals surface area contributed by atoms with Crippen LogP contribution in [-0.4, -0.2) is 44.6 Å². The van der Waals surface area contributed by atoms with Crippen molar-refractivity contribution in [2.45, 2.75) is 25.7 Å². The average Bonchev–Trinajstić information content (AvgIpc) is 3.18. The summed E-state index contributed by atoms with van der Waals surface area (Å²) in [6.45, 7) is 1.44. The number of nitrogens with one attached hydrogen (secondary N) is 1. The van der Waals surface area contributed by atoms with Crippen molar-refractivity contribution >= 4 is 28.3 Å². The van der Waals surface area contributed by atoms with Gasteiger partial charge < -0.3 is 10.2 Å². The van der Waals surface area contributed by atoms with Gasteiger partial charge in [0.25, 0.3) is 11.8 Å². The molecule has 1 saturated heterocycles. The number of amides is 2. The molecule has 178 valence electrons. The number of hydrogen-bond acceptors (Lipinski definition) is 4. The normalized spacial score (nSPS) is 16.1. The van der Waals surface area contributed by atoms with Crippen molar-refractivity contribution in [1.29, 1.82) is 0 Å². The van der Waals surface area contributed by atoms with E-state index in [1.54, 1.807) is 36.1 Å². The summed E-state index contributed by atoms with van der Waals surface area (Å²) in [4.78, 5) is 32.2. The minimum atomic E-state index is -0.326. The number of likely N-dealkylation sites (tertiary alicyclic amines) is 1. The van der Waals surface area contributed by atoms with Gasteiger partial charge in [0.2, 0.25) is 0 Å². The van der Waals surface area contributed by atoms with Gasteiger partial charge in [0, 0.05) is 44.1 Å². The number of rotatable bonds is 5. The van der Waals surface area contributed by atoms with Gasteiger partial charge in [-0.05, 0) is 66.8 Å². The number of carbonyl (C=O) groups excluding carboxylic acids is 2. The second-order valence-electron chi connectivity index (χ2n) is 9.22. The summed E-state index contributed by atoms with van der Waals surface area (Å²) in [6, 6.07) is 17.5. The molecule has 7 nitrogen and oxygen atoms in total. The monoisotopic (exact) mass is 467 g/mol. The highest BCUT2D eigenvalue weighted by atomic mass is 16.2. The zero-order valence-corrected chi connectivity index (χ0v) is 19.9. The summed E-state index contributed by atoms with van der Waals surface area (Å²) in [6.07, 6.45) is 9.48. The third-order valence-corrected chi connectivity index (χ3v) is 6.72. The van der Waals surface area contributed by atoms with E-state index in [2.05, 4.69) is 39.7 Å². The molecule has 1 aliphatic heterocycles. The average molecular weight is 468 g/mol. The number of hydrogen-bond donors (Lipinski definition) is 1. The first-order chi connectivity index (χ1) is 17.1. The standard InChI is InChI=1S/C28H29N5O2/c1-32-15-12-26(31-32)27(34)30-25-7-3-2-6-24(25)28(35)33-14-4-5-20(11-16-33)17-21-8-9-23-19-29-13-10-22(23)18-21/h2-3,6-10,12-13,15,18-20H,4-5,11,14,16-17H2,1H3,(H,30,34)/t20-/m1/s1. The van der Waals surface area contributed by atoms with Gasteiger partial charge in [0.05, 0.1) is 11.3 Å². The molecule has 1 aliphatic rings. The van der Waals surface area contributed by atoms with Crippen LogP contribution in [0.5, 0.6) is 0 Å². The Hall–Kier alpha value is -4.00. The number of nitrogens with zero attached hydrogens (tertiary/aromatic N) is 4. The van der Waals surface area contributed by atoms with E-state index >= 15 is 0 Å². The van der Waals surface area contributed by atoms with E-state index < -0.39 is 0 Å². The molecule has 2 amide bonds. The van der Waals surface area contributed by atoms with Crippen molar-refractivity contribution in [3.05, 3.63) is 90.0 Å². The van der Waals surface area contributed by atoms with Crippen LogP contribution >= 0.6 is 0 Å². The fourth-order valence-electron chi connectivity index (χ4n) is 4.84. The van der Waals surface area contributed by atoms with Crippen molar-refractivity contribution in [1.82, 2.24) is 19.7 Å². The molecule has 35 heavy (non-hydrogen) atoms. The van der Waals surface area contributed by atoms with Crippen molar-refractivity contribution < 1.29 is 9.59 Å². The molecule has 3 heterocycles. The molecule has 0 bridgehead atoms. The van der Waals surface area contributed by atoms with Crippen LogP contribution in [-0.2, 0) is 13.5 Å². The Balaban J connectivity index is 1.25. The van der Waals surface area contributed by atoms with Gasteiger partial charge in [-0.3, -0.25) is 19.3 Å². The number of anilines is 1. The minimum Gasteiger partial charge on any atom is -0.339 e. The highest BCUT2D eigenvalue weighted by molar-refractivity contribution is 6.08. The first kappa shape index (κ1) is 22.8. The van der Waals surface area contributed by atoms with E-state index in [1.165, 1.54) is 10.9 Å². The number of aryl methyl sites for hydroxylation is 1. The zero-order chi connectivity index (χ0) is 24.2. The first-order valence-corrected chi connectivity index (χ1v) is 12.1. The van der Waals surface area contributed by atoms with E-state index in [4.69, 9.17) is 0 Å². The van der Waals surface area contributed by atoms with Crippen LogP contribution < -0.4 is 5.32 Å². The van der Waals surface area contributed by atoms with Crippen molar-refractivity contribution in [3.8, 4) is 0 Å². The molecular weight excluding hydrogens is 438 g/mol. The second kappa shape index (κ2) is 10.1. The number of fused-ring (bicyclic) bond motifs is 1. The second-order valence-corrected chi connectivity index (χ2v) is 9.22. The van der Waals surface area contributed by atoms with Gasteiger partial charge >= 0.3 is 0 Å². The minimum absolute atomic E-state index is 0.0409. The van der Waals surface area contributed by atoms with E-state index in [-0.39, 0.29) is 11.8 Å². The van der Waals surface area contributed by atoms with Crippen LogP contribution in [0, 0.1) is 5.92 Å². The molecule has 0 aliphatic carbocycles. The molecule has 2 aromatic carbocycles. The van der Waals surface area contributed by atoms with E-state index in [1.807, 2.05) is 29.4 Å². The maximum atomic E-state index is 13.5. The van der Waals surface area contributed by atoms with Crippen LogP contribution in [0.3, 0.4) is 0 Å². The molecule has 7 heteroatoms. The molecule has 1 fully saturated rings. The Kier molecular flexibility index (Phi) is 6.57. The smallest absolute Gasteiger partial charge is 0.276 e. The molecule has 4 aromatic rings. The van der Waals surface area contributed by atoms with Crippen LogP contribution in [0.25, 0.3) is 10.8 Å². The predicted octanol–water partition coefficient (Wildman–Crippen LogP) is 4.71. The topological polar surface area (TPSA) is 80.1 Å². The van der Waals surface area contributed by atoms with E-state index in [9.17, 15) is 9.59 Å². The number of para-hydroxylation sites is 1. The largest absolute Gasteiger partial charge is 0.339 e. The molecule has 0 saturated carbocycles. The van der Waals surface area contributed by atoms with Crippen LogP contribution in [0.2, 0.25) is 0 Å². The highest BCUT2D eigenvalue weighted by Gasteiger charge is 2.24. The summed E-state index contributed by atoms with van der Waals surface area (Å²) in [5.74, 6) is 0.167. The SMILES string of the molecule is Cn1ccc(C(=O)Nc2ccccc2C(=O)N2CCC[C@@H](Cc3ccc4cnccc4c3)CC2)n1. The van der Waals surface area contributed by atoms with E-state index in [0.717, 1.165) is 37.6 Å². The fourth-order valence-corrected chi connectivity index (χ4v) is 4.84. The Bertz CT molecular complexity index is 1360. The van der Waals surface area contributed by atoms with Gasteiger partial charge in [-0.15, -0.1) is 0 Å². The Morgan fingerprint density at radius 2 is 1.91 bits per heavy atom. The first-order valence-electron chi connectivity index (χ1n) is 12.1. The molecular formula is C28H29N5O2. The van der Waals surface area contributed by atoms with Crippen LogP contribution in [0.4, 0.5) is 5.69 Å². The van der Waals surface area contributed by atoms with Crippen molar-refractivity contribution in [3.63, 3.8) is 0 Å². The zero-order valence-electron chi connectivity index (χ0n) is 19.9. The lowest BCUT2D eigenvalue weighted by molar-refractivity contribution is 0.0761. The van der Waals surface area contributed by atoms with Crippen molar-refractivity contribution in [2.24, 2.45) is 13.0 Å². The number of benzene rings is 2. The highest BCUT2D eigenvalue weighted by Crippen LogP contribution is 2.26. The summed E-state index contributed by atoms with van der Waals surface area (Å²) in [5, 5.41) is 9.38. The number of aromatic nitrogens is 3. The summed E-state index contributed by atoms with van der Waals surface area (Å²) in [7, 11) is 1.76. The molecule has 0 spiro atoms. The molecule has 0 unspecified atom stereocenters. The van der Waals surface area contributed by atoms with Crippen LogP contribution in [0.15, 0.2) is 73.2 Å².